The van der Waals surface area contributed by atoms with Gasteiger partial charge in [0.15, 0.2) is 6.10 Å². The van der Waals surface area contributed by atoms with Gasteiger partial charge in [0.2, 0.25) is 5.41 Å². The fourth-order valence-electron chi connectivity index (χ4n) is 3.66. The van der Waals surface area contributed by atoms with Crippen LogP contribution in [0, 0.1) is 5.41 Å². The Labute approximate surface area is 172 Å². The molecule has 4 amide bonds. The quantitative estimate of drug-likeness (QED) is 0.744. The van der Waals surface area contributed by atoms with Crippen molar-refractivity contribution >= 4 is 29.2 Å². The predicted octanol–water partition coefficient (Wildman–Crippen LogP) is 1.59. The number of carbonyl (C=O) groups excluding carboxylic acids is 3. The molecule has 1 saturated heterocycles. The number of hydrogen-bond donors (Lipinski definition) is 2. The van der Waals surface area contributed by atoms with E-state index in [1.54, 1.807) is 36.4 Å². The lowest BCUT2D eigenvalue weighted by atomic mass is 9.70. The number of urea groups is 1. The number of barbiturate groups is 1. The van der Waals surface area contributed by atoms with Crippen molar-refractivity contribution in [3.63, 3.8) is 0 Å². The van der Waals surface area contributed by atoms with Crippen LogP contribution in [0.25, 0.3) is 0 Å². The zero-order valence-electron chi connectivity index (χ0n) is 16.6. The number of anilines is 1. The van der Waals surface area contributed by atoms with Crippen molar-refractivity contribution < 1.29 is 24.0 Å². The maximum absolute atomic E-state index is 13.1. The van der Waals surface area contributed by atoms with Crippen molar-refractivity contribution in [1.82, 2.24) is 10.6 Å². The molecule has 2 aliphatic rings. The van der Waals surface area contributed by atoms with Crippen molar-refractivity contribution in [1.29, 1.82) is 0 Å². The lowest BCUT2D eigenvalue weighted by Crippen LogP contribution is -2.66. The first-order chi connectivity index (χ1) is 14.4. The van der Waals surface area contributed by atoms with Crippen LogP contribution in [0.3, 0.4) is 0 Å². The first kappa shape index (κ1) is 19.4. The molecule has 2 heterocycles. The molecular weight excluding hydrogens is 388 g/mol. The lowest BCUT2D eigenvalue weighted by molar-refractivity contribution is -0.146. The molecule has 1 spiro atoms. The number of hydrogen-bond acceptors (Lipinski definition) is 7. The summed E-state index contributed by atoms with van der Waals surface area (Å²) in [6.07, 6.45) is -1.06. The second-order valence-corrected chi connectivity index (χ2v) is 7.19. The molecule has 2 aromatic rings. The topological polar surface area (TPSA) is 109 Å². The van der Waals surface area contributed by atoms with E-state index in [-0.39, 0.29) is 5.71 Å². The molecule has 9 heteroatoms. The number of benzene rings is 2. The zero-order chi connectivity index (χ0) is 21.5. The molecule has 4 rings (SSSR count). The molecule has 2 aliphatic heterocycles. The predicted molar refractivity (Wildman–Crippen MR) is 108 cm³/mol. The summed E-state index contributed by atoms with van der Waals surface area (Å²) in [5, 5.41) is 8.50. The highest BCUT2D eigenvalue weighted by molar-refractivity contribution is 6.36. The minimum atomic E-state index is -1.86. The Morgan fingerprint density at radius 2 is 1.57 bits per heavy atom. The van der Waals surface area contributed by atoms with Crippen LogP contribution < -0.4 is 20.3 Å². The average molecular weight is 408 g/mol. The number of methoxy groups -OCH3 is 1. The van der Waals surface area contributed by atoms with Gasteiger partial charge in [-0.2, -0.15) is 0 Å². The second kappa shape index (κ2) is 7.18. The minimum absolute atomic E-state index is 0.135. The zero-order valence-corrected chi connectivity index (χ0v) is 16.6. The molecule has 0 bridgehead atoms. The number of ether oxygens (including phenoxy) is 1. The summed E-state index contributed by atoms with van der Waals surface area (Å²) < 4.78 is 5.17. The fourth-order valence-corrected chi connectivity index (χ4v) is 3.66. The highest BCUT2D eigenvalue weighted by Gasteiger charge is 2.65. The van der Waals surface area contributed by atoms with E-state index in [1.165, 1.54) is 7.11 Å². The standard InChI is InChI=1S/C21H20N4O5/c1-25(2)14-8-4-12(5-9-14)16-21(18(26)22-20(28)23-19(21)27)17(30-24-16)13-6-10-15(29-3)11-7-13/h4-11,17H,1-3H3,(H2,22,23,26,27,28). The number of rotatable bonds is 4. The van der Waals surface area contributed by atoms with Crippen LogP contribution in [-0.2, 0) is 14.4 Å². The van der Waals surface area contributed by atoms with Gasteiger partial charge in [0.25, 0.3) is 11.8 Å². The van der Waals surface area contributed by atoms with Gasteiger partial charge in [-0.25, -0.2) is 4.79 Å². The van der Waals surface area contributed by atoms with Crippen molar-refractivity contribution in [3.05, 3.63) is 59.7 Å². The minimum Gasteiger partial charge on any atom is -0.497 e. The third-order valence-electron chi connectivity index (χ3n) is 5.26. The number of nitrogens with zero attached hydrogens (tertiary/aromatic N) is 2. The van der Waals surface area contributed by atoms with Gasteiger partial charge in [0.05, 0.1) is 7.11 Å². The maximum atomic E-state index is 13.1. The summed E-state index contributed by atoms with van der Waals surface area (Å²) in [5.41, 5.74) is 0.292. The molecule has 30 heavy (non-hydrogen) atoms. The van der Waals surface area contributed by atoms with Crippen LogP contribution in [-0.4, -0.2) is 44.8 Å². The van der Waals surface area contributed by atoms with Crippen LogP contribution >= 0.6 is 0 Å². The number of amides is 4. The van der Waals surface area contributed by atoms with Crippen LogP contribution in [0.1, 0.15) is 17.2 Å². The second-order valence-electron chi connectivity index (χ2n) is 7.19. The van der Waals surface area contributed by atoms with E-state index in [2.05, 4.69) is 15.8 Å². The van der Waals surface area contributed by atoms with Crippen molar-refractivity contribution in [2.45, 2.75) is 6.10 Å². The first-order valence-electron chi connectivity index (χ1n) is 9.20. The largest absolute Gasteiger partial charge is 0.497 e. The van der Waals surface area contributed by atoms with Gasteiger partial charge in [0.1, 0.15) is 11.5 Å². The normalized spacial score (nSPS) is 19.6. The Morgan fingerprint density at radius 3 is 2.10 bits per heavy atom. The van der Waals surface area contributed by atoms with Gasteiger partial charge in [-0.15, -0.1) is 0 Å². The summed E-state index contributed by atoms with van der Waals surface area (Å²) in [6.45, 7) is 0. The third kappa shape index (κ3) is 2.86. The summed E-state index contributed by atoms with van der Waals surface area (Å²) in [5.74, 6) is -0.964. The van der Waals surface area contributed by atoms with Gasteiger partial charge >= 0.3 is 6.03 Å². The molecule has 0 aliphatic carbocycles. The van der Waals surface area contributed by atoms with Gasteiger partial charge in [0, 0.05) is 25.3 Å². The molecular formula is C21H20N4O5. The molecule has 1 unspecified atom stereocenters. The molecule has 9 nitrogen and oxygen atoms in total. The van der Waals surface area contributed by atoms with Crippen LogP contribution in [0.5, 0.6) is 5.75 Å². The Bertz CT molecular complexity index is 1020. The Hall–Kier alpha value is -3.88. The number of imide groups is 2. The SMILES string of the molecule is COc1ccc(C2ON=C(c3ccc(N(C)C)cc3)C23C(=O)NC(=O)NC3=O)cc1. The van der Waals surface area contributed by atoms with E-state index in [0.717, 1.165) is 5.69 Å². The molecule has 0 saturated carbocycles. The van der Waals surface area contributed by atoms with Crippen molar-refractivity contribution in [2.24, 2.45) is 10.6 Å². The highest BCUT2D eigenvalue weighted by Crippen LogP contribution is 2.47. The monoisotopic (exact) mass is 408 g/mol. The lowest BCUT2D eigenvalue weighted by Gasteiger charge is -2.34. The average Bonchev–Trinajstić information content (AvgIpc) is 3.13. The number of nitrogens with one attached hydrogen (secondary N) is 2. The molecule has 0 aromatic heterocycles. The highest BCUT2D eigenvalue weighted by atomic mass is 16.6. The van der Waals surface area contributed by atoms with E-state index in [9.17, 15) is 14.4 Å². The molecule has 1 fully saturated rings. The van der Waals surface area contributed by atoms with Gasteiger partial charge in [-0.1, -0.05) is 29.4 Å². The van der Waals surface area contributed by atoms with Gasteiger partial charge < -0.3 is 14.5 Å². The van der Waals surface area contributed by atoms with Crippen molar-refractivity contribution in [2.75, 3.05) is 26.1 Å². The molecule has 154 valence electrons. The summed E-state index contributed by atoms with van der Waals surface area (Å²) in [4.78, 5) is 45.5. The van der Waals surface area contributed by atoms with E-state index in [0.29, 0.717) is 16.9 Å². The molecule has 2 aromatic carbocycles. The summed E-state index contributed by atoms with van der Waals surface area (Å²) in [6, 6.07) is 13.1. The van der Waals surface area contributed by atoms with E-state index in [1.807, 2.05) is 31.1 Å². The fraction of sp³-hybridized carbons (Fsp3) is 0.238. The smallest absolute Gasteiger partial charge is 0.328 e. The van der Waals surface area contributed by atoms with Crippen LogP contribution in [0.4, 0.5) is 10.5 Å². The Morgan fingerprint density at radius 1 is 0.967 bits per heavy atom. The maximum Gasteiger partial charge on any atom is 0.328 e. The summed E-state index contributed by atoms with van der Waals surface area (Å²) >= 11 is 0. The molecule has 2 N–H and O–H groups in total. The van der Waals surface area contributed by atoms with Crippen LogP contribution in [0.15, 0.2) is 53.7 Å². The van der Waals surface area contributed by atoms with Crippen molar-refractivity contribution in [3.8, 4) is 5.75 Å². The Balaban J connectivity index is 1.83. The summed E-state index contributed by atoms with van der Waals surface area (Å²) in [7, 11) is 5.34. The molecule has 1 atom stereocenters. The number of carbonyl (C=O) groups is 3. The van der Waals surface area contributed by atoms with Gasteiger partial charge in [-0.05, 0) is 29.8 Å². The number of oxime groups is 1. The van der Waals surface area contributed by atoms with Crippen LogP contribution in [0.2, 0.25) is 0 Å². The third-order valence-corrected chi connectivity index (χ3v) is 5.26. The first-order valence-corrected chi connectivity index (χ1v) is 9.20. The van der Waals surface area contributed by atoms with E-state index < -0.39 is 29.4 Å². The van der Waals surface area contributed by atoms with E-state index >= 15 is 0 Å². The Kier molecular flexibility index (Phi) is 4.65. The molecule has 0 radical (unpaired) electrons. The van der Waals surface area contributed by atoms with Gasteiger partial charge in [-0.3, -0.25) is 20.2 Å². The van der Waals surface area contributed by atoms with E-state index in [4.69, 9.17) is 9.57 Å².